The van der Waals surface area contributed by atoms with E-state index in [2.05, 4.69) is 15.9 Å². The number of aldehydes is 1. The molecule has 0 aliphatic heterocycles. The second-order valence-corrected chi connectivity index (χ2v) is 3.19. The summed E-state index contributed by atoms with van der Waals surface area (Å²) in [6.45, 7) is 1.46. The van der Waals surface area contributed by atoms with Crippen molar-refractivity contribution < 1.29 is 13.6 Å². The first-order valence-electron chi connectivity index (χ1n) is 3.17. The Morgan fingerprint density at radius 2 is 2.00 bits per heavy atom. The number of carbonyl (C=O) groups excluding carboxylic acids is 1. The zero-order valence-electron chi connectivity index (χ0n) is 6.20. The van der Waals surface area contributed by atoms with Crippen LogP contribution >= 0.6 is 15.9 Å². The molecule has 0 radical (unpaired) electrons. The fraction of sp³-hybridized carbons (Fsp3) is 0.125. The number of hydrogen-bond acceptors (Lipinski definition) is 1. The molecule has 0 saturated heterocycles. The minimum Gasteiger partial charge on any atom is -0.298 e. The Hall–Kier alpha value is -0.770. The van der Waals surface area contributed by atoms with E-state index in [1.165, 1.54) is 13.0 Å². The number of carbonyl (C=O) groups is 1. The van der Waals surface area contributed by atoms with Crippen LogP contribution in [0, 0.1) is 18.6 Å². The third-order valence-electron chi connectivity index (χ3n) is 1.49. The summed E-state index contributed by atoms with van der Waals surface area (Å²) in [5.41, 5.74) is -0.285. The van der Waals surface area contributed by atoms with Crippen LogP contribution in [0.25, 0.3) is 0 Å². The smallest absolute Gasteiger partial charge is 0.156 e. The normalized spacial score (nSPS) is 10.0. The van der Waals surface area contributed by atoms with Gasteiger partial charge in [-0.25, -0.2) is 8.78 Å². The minimum atomic E-state index is -0.854. The molecular weight excluding hydrogens is 230 g/mol. The molecular formula is C8H5BrF2O. The molecule has 0 N–H and O–H groups in total. The van der Waals surface area contributed by atoms with Gasteiger partial charge < -0.3 is 0 Å². The van der Waals surface area contributed by atoms with Gasteiger partial charge in [-0.1, -0.05) is 0 Å². The van der Waals surface area contributed by atoms with Gasteiger partial charge in [-0.2, -0.15) is 0 Å². The molecule has 1 aromatic rings. The van der Waals surface area contributed by atoms with E-state index in [-0.39, 0.29) is 16.3 Å². The summed E-state index contributed by atoms with van der Waals surface area (Å²) in [7, 11) is 0. The van der Waals surface area contributed by atoms with Crippen molar-refractivity contribution in [2.24, 2.45) is 0 Å². The molecule has 4 heteroatoms. The lowest BCUT2D eigenvalue weighted by molar-refractivity contribution is 0.111. The topological polar surface area (TPSA) is 17.1 Å². The highest BCUT2D eigenvalue weighted by molar-refractivity contribution is 9.10. The number of aryl methyl sites for hydroxylation is 1. The quantitative estimate of drug-likeness (QED) is 0.540. The van der Waals surface area contributed by atoms with Crippen molar-refractivity contribution in [1.82, 2.24) is 0 Å². The van der Waals surface area contributed by atoms with Crippen molar-refractivity contribution in [2.45, 2.75) is 6.92 Å². The standard InChI is InChI=1S/C8H5BrF2O/c1-4-2-6(9)8(11)5(3-12)7(4)10/h2-3H,1H3. The summed E-state index contributed by atoms with van der Waals surface area (Å²) in [6, 6.07) is 1.29. The van der Waals surface area contributed by atoms with E-state index in [0.29, 0.717) is 0 Å². The van der Waals surface area contributed by atoms with Gasteiger partial charge >= 0.3 is 0 Å². The maximum Gasteiger partial charge on any atom is 0.156 e. The lowest BCUT2D eigenvalue weighted by atomic mass is 10.1. The van der Waals surface area contributed by atoms with E-state index in [9.17, 15) is 13.6 Å². The Kier molecular flexibility index (Phi) is 2.57. The van der Waals surface area contributed by atoms with Crippen molar-refractivity contribution in [2.75, 3.05) is 0 Å². The molecule has 64 valence electrons. The van der Waals surface area contributed by atoms with Crippen LogP contribution < -0.4 is 0 Å². The van der Waals surface area contributed by atoms with Gasteiger partial charge in [0.05, 0.1) is 10.0 Å². The van der Waals surface area contributed by atoms with Crippen molar-refractivity contribution >= 4 is 22.2 Å². The largest absolute Gasteiger partial charge is 0.298 e. The van der Waals surface area contributed by atoms with Crippen molar-refractivity contribution in [3.8, 4) is 0 Å². The molecule has 0 spiro atoms. The first-order valence-corrected chi connectivity index (χ1v) is 3.96. The maximum atomic E-state index is 13.0. The zero-order valence-corrected chi connectivity index (χ0v) is 7.78. The van der Waals surface area contributed by atoms with Crippen LogP contribution in [0.5, 0.6) is 0 Å². The maximum absolute atomic E-state index is 13.0. The van der Waals surface area contributed by atoms with E-state index in [4.69, 9.17) is 0 Å². The Bertz CT molecular complexity index is 310. The fourth-order valence-corrected chi connectivity index (χ4v) is 1.41. The van der Waals surface area contributed by atoms with Gasteiger partial charge in [0.15, 0.2) is 12.1 Å². The van der Waals surface area contributed by atoms with Gasteiger partial charge in [-0.05, 0) is 34.5 Å². The first-order chi connectivity index (χ1) is 5.57. The summed E-state index contributed by atoms with van der Waals surface area (Å²) in [6.07, 6.45) is 0.169. The minimum absolute atomic E-state index is 0.100. The summed E-state index contributed by atoms with van der Waals surface area (Å²) in [5.74, 6) is -1.65. The van der Waals surface area contributed by atoms with Crippen LogP contribution in [0.15, 0.2) is 10.5 Å². The molecule has 0 saturated carbocycles. The lowest BCUT2D eigenvalue weighted by Crippen LogP contribution is -1.97. The van der Waals surface area contributed by atoms with E-state index < -0.39 is 17.2 Å². The SMILES string of the molecule is Cc1cc(Br)c(F)c(C=O)c1F. The average Bonchev–Trinajstić information content (AvgIpc) is 2.02. The highest BCUT2D eigenvalue weighted by atomic mass is 79.9. The van der Waals surface area contributed by atoms with Crippen molar-refractivity contribution in [1.29, 1.82) is 0 Å². The Balaban J connectivity index is 3.52. The van der Waals surface area contributed by atoms with Crippen LogP contribution in [-0.2, 0) is 0 Å². The predicted molar refractivity (Wildman–Crippen MR) is 44.2 cm³/mol. The molecule has 0 amide bonds. The lowest BCUT2D eigenvalue weighted by Gasteiger charge is -2.02. The molecule has 0 aliphatic rings. The Morgan fingerprint density at radius 3 is 2.50 bits per heavy atom. The second-order valence-electron chi connectivity index (χ2n) is 2.33. The molecule has 1 rings (SSSR count). The summed E-state index contributed by atoms with van der Waals surface area (Å²) in [4.78, 5) is 10.3. The molecule has 1 nitrogen and oxygen atoms in total. The molecule has 0 aliphatic carbocycles. The number of rotatable bonds is 1. The van der Waals surface area contributed by atoms with Crippen molar-refractivity contribution in [3.63, 3.8) is 0 Å². The van der Waals surface area contributed by atoms with E-state index >= 15 is 0 Å². The Labute approximate surface area is 76.5 Å². The van der Waals surface area contributed by atoms with Gasteiger partial charge in [0.25, 0.3) is 0 Å². The third kappa shape index (κ3) is 1.39. The molecule has 0 unspecified atom stereocenters. The monoisotopic (exact) mass is 234 g/mol. The average molecular weight is 235 g/mol. The second kappa shape index (κ2) is 3.31. The van der Waals surface area contributed by atoms with Crippen LogP contribution in [0.1, 0.15) is 15.9 Å². The van der Waals surface area contributed by atoms with Crippen LogP contribution in [-0.4, -0.2) is 6.29 Å². The third-order valence-corrected chi connectivity index (χ3v) is 2.07. The van der Waals surface area contributed by atoms with Gasteiger partial charge in [0.2, 0.25) is 0 Å². The summed E-state index contributed by atoms with van der Waals surface area (Å²) < 4.78 is 26.0. The molecule has 0 atom stereocenters. The molecule has 12 heavy (non-hydrogen) atoms. The van der Waals surface area contributed by atoms with Crippen LogP contribution in [0.4, 0.5) is 8.78 Å². The first kappa shape index (κ1) is 9.32. The van der Waals surface area contributed by atoms with Gasteiger partial charge in [-0.15, -0.1) is 0 Å². The fourth-order valence-electron chi connectivity index (χ4n) is 0.858. The number of benzene rings is 1. The molecule has 0 aromatic heterocycles. The van der Waals surface area contributed by atoms with E-state index in [1.54, 1.807) is 0 Å². The summed E-state index contributed by atoms with van der Waals surface area (Å²) in [5, 5.41) is 0. The predicted octanol–water partition coefficient (Wildman–Crippen LogP) is 2.85. The summed E-state index contributed by atoms with van der Waals surface area (Å²) >= 11 is 2.87. The Morgan fingerprint density at radius 1 is 1.42 bits per heavy atom. The van der Waals surface area contributed by atoms with Crippen LogP contribution in [0.2, 0.25) is 0 Å². The zero-order chi connectivity index (χ0) is 9.30. The van der Waals surface area contributed by atoms with Gasteiger partial charge in [0.1, 0.15) is 5.82 Å². The molecule has 0 bridgehead atoms. The molecule has 0 heterocycles. The highest BCUT2D eigenvalue weighted by Gasteiger charge is 2.13. The highest BCUT2D eigenvalue weighted by Crippen LogP contribution is 2.23. The van der Waals surface area contributed by atoms with Crippen LogP contribution in [0.3, 0.4) is 0 Å². The van der Waals surface area contributed by atoms with E-state index in [1.807, 2.05) is 0 Å². The van der Waals surface area contributed by atoms with Gasteiger partial charge in [0, 0.05) is 0 Å². The number of halogens is 3. The van der Waals surface area contributed by atoms with E-state index in [0.717, 1.165) is 0 Å². The number of hydrogen-bond donors (Lipinski definition) is 0. The van der Waals surface area contributed by atoms with Crippen molar-refractivity contribution in [3.05, 3.63) is 33.3 Å². The van der Waals surface area contributed by atoms with Gasteiger partial charge in [-0.3, -0.25) is 4.79 Å². The molecule has 0 fully saturated rings. The molecule has 1 aromatic carbocycles.